The maximum absolute atomic E-state index is 5.68. The Morgan fingerprint density at radius 1 is 1.26 bits per heavy atom. The number of rotatable bonds is 6. The molecule has 0 amide bonds. The number of para-hydroxylation sites is 1. The molecular formula is C16H26N2O. The highest BCUT2D eigenvalue weighted by Gasteiger charge is 2.18. The molecule has 0 bridgehead atoms. The van der Waals surface area contributed by atoms with Crippen molar-refractivity contribution in [2.45, 2.75) is 32.8 Å². The molecule has 1 heterocycles. The zero-order chi connectivity index (χ0) is 13.5. The summed E-state index contributed by atoms with van der Waals surface area (Å²) < 4.78 is 5.68. The van der Waals surface area contributed by atoms with Crippen LogP contribution in [0.1, 0.15) is 25.3 Å². The number of hydrogen-bond donors (Lipinski definition) is 1. The minimum absolute atomic E-state index is 0.491. The number of anilines is 1. The molecule has 3 nitrogen and oxygen atoms in total. The Kier molecular flexibility index (Phi) is 5.67. The van der Waals surface area contributed by atoms with Gasteiger partial charge in [0, 0.05) is 38.5 Å². The van der Waals surface area contributed by atoms with Crippen LogP contribution in [0.25, 0.3) is 0 Å². The van der Waals surface area contributed by atoms with Gasteiger partial charge in [-0.05, 0) is 38.3 Å². The van der Waals surface area contributed by atoms with Crippen LogP contribution in [-0.4, -0.2) is 43.8 Å². The maximum Gasteiger partial charge on any atom is 0.0599 e. The highest BCUT2D eigenvalue weighted by molar-refractivity contribution is 5.50. The summed E-state index contributed by atoms with van der Waals surface area (Å²) in [6, 6.07) is 8.47. The first-order valence-corrected chi connectivity index (χ1v) is 7.43. The molecule has 0 saturated carbocycles. The van der Waals surface area contributed by atoms with E-state index in [1.54, 1.807) is 0 Å². The van der Waals surface area contributed by atoms with Crippen LogP contribution in [0.3, 0.4) is 0 Å². The number of nitrogens with one attached hydrogen (secondary N) is 1. The molecule has 1 aliphatic rings. The van der Waals surface area contributed by atoms with Gasteiger partial charge in [-0.25, -0.2) is 0 Å². The highest BCUT2D eigenvalue weighted by atomic mass is 16.5. The molecule has 2 rings (SSSR count). The number of hydrogen-bond acceptors (Lipinski definition) is 3. The summed E-state index contributed by atoms with van der Waals surface area (Å²) >= 11 is 0. The lowest BCUT2D eigenvalue weighted by Gasteiger charge is -2.31. The van der Waals surface area contributed by atoms with E-state index in [-0.39, 0.29) is 0 Å². The molecule has 1 saturated heterocycles. The van der Waals surface area contributed by atoms with Crippen molar-refractivity contribution in [1.29, 1.82) is 0 Å². The molecule has 1 N–H and O–H groups in total. The van der Waals surface area contributed by atoms with Crippen molar-refractivity contribution in [3.8, 4) is 0 Å². The van der Waals surface area contributed by atoms with Crippen molar-refractivity contribution in [2.75, 3.05) is 38.1 Å². The lowest BCUT2D eigenvalue weighted by Crippen LogP contribution is -2.39. The number of piperidine rings is 1. The maximum atomic E-state index is 5.68. The molecule has 0 radical (unpaired) electrons. The van der Waals surface area contributed by atoms with Crippen LogP contribution < -0.4 is 5.32 Å². The molecule has 1 aliphatic heterocycles. The Bertz CT molecular complexity index is 373. The minimum atomic E-state index is 0.491. The lowest BCUT2D eigenvalue weighted by atomic mass is 10.1. The first kappa shape index (κ1) is 14.4. The van der Waals surface area contributed by atoms with Crippen molar-refractivity contribution >= 4 is 5.69 Å². The molecular weight excluding hydrogens is 236 g/mol. The van der Waals surface area contributed by atoms with Crippen LogP contribution in [0.4, 0.5) is 5.69 Å². The van der Waals surface area contributed by atoms with Gasteiger partial charge in [0.25, 0.3) is 0 Å². The molecule has 0 spiro atoms. The smallest absolute Gasteiger partial charge is 0.0599 e. The van der Waals surface area contributed by atoms with E-state index in [4.69, 9.17) is 4.74 Å². The van der Waals surface area contributed by atoms with Crippen molar-refractivity contribution in [3.05, 3.63) is 29.8 Å². The van der Waals surface area contributed by atoms with Gasteiger partial charge in [-0.2, -0.15) is 0 Å². The standard InChI is InChI=1S/C16H26N2O/c1-3-19-15-8-11-18(12-9-15)13-10-17-16-7-5-4-6-14(16)2/h4-7,15,17H,3,8-13H2,1-2H3. The summed E-state index contributed by atoms with van der Waals surface area (Å²) in [6.45, 7) is 9.55. The van der Waals surface area contributed by atoms with Crippen LogP contribution in [0.5, 0.6) is 0 Å². The molecule has 106 valence electrons. The van der Waals surface area contributed by atoms with Gasteiger partial charge >= 0.3 is 0 Å². The van der Waals surface area contributed by atoms with Crippen LogP contribution in [-0.2, 0) is 4.74 Å². The Balaban J connectivity index is 1.66. The third kappa shape index (κ3) is 4.51. The molecule has 0 unspecified atom stereocenters. The molecule has 0 atom stereocenters. The average molecular weight is 262 g/mol. The van der Waals surface area contributed by atoms with Crippen LogP contribution >= 0.6 is 0 Å². The Morgan fingerprint density at radius 2 is 2.00 bits per heavy atom. The van der Waals surface area contributed by atoms with E-state index in [2.05, 4.69) is 48.3 Å². The monoisotopic (exact) mass is 262 g/mol. The van der Waals surface area contributed by atoms with Gasteiger partial charge in [0.05, 0.1) is 6.10 Å². The summed E-state index contributed by atoms with van der Waals surface area (Å²) in [5, 5.41) is 3.52. The number of benzene rings is 1. The molecule has 1 aromatic carbocycles. The van der Waals surface area contributed by atoms with Crippen LogP contribution in [0.15, 0.2) is 24.3 Å². The second-order valence-electron chi connectivity index (χ2n) is 5.24. The predicted molar refractivity (Wildman–Crippen MR) is 80.8 cm³/mol. The topological polar surface area (TPSA) is 24.5 Å². The van der Waals surface area contributed by atoms with Crippen LogP contribution in [0.2, 0.25) is 0 Å². The zero-order valence-electron chi connectivity index (χ0n) is 12.2. The van der Waals surface area contributed by atoms with Gasteiger partial charge in [0.15, 0.2) is 0 Å². The van der Waals surface area contributed by atoms with Crippen molar-refractivity contribution < 1.29 is 4.74 Å². The summed E-state index contributed by atoms with van der Waals surface area (Å²) in [5.41, 5.74) is 2.57. The quantitative estimate of drug-likeness (QED) is 0.853. The second kappa shape index (κ2) is 7.51. The third-order valence-electron chi connectivity index (χ3n) is 3.83. The highest BCUT2D eigenvalue weighted by Crippen LogP contribution is 2.15. The van der Waals surface area contributed by atoms with Gasteiger partial charge in [0.1, 0.15) is 0 Å². The van der Waals surface area contributed by atoms with Gasteiger partial charge in [0.2, 0.25) is 0 Å². The number of likely N-dealkylation sites (tertiary alicyclic amines) is 1. The first-order chi connectivity index (χ1) is 9.29. The molecule has 3 heteroatoms. The molecule has 0 aliphatic carbocycles. The SMILES string of the molecule is CCOC1CCN(CCNc2ccccc2C)CC1. The Labute approximate surface area is 116 Å². The molecule has 0 aromatic heterocycles. The van der Waals surface area contributed by atoms with Gasteiger partial charge < -0.3 is 15.0 Å². The summed E-state index contributed by atoms with van der Waals surface area (Å²) in [6.07, 6.45) is 2.85. The minimum Gasteiger partial charge on any atom is -0.384 e. The average Bonchev–Trinajstić information content (AvgIpc) is 2.43. The fraction of sp³-hybridized carbons (Fsp3) is 0.625. The van der Waals surface area contributed by atoms with Gasteiger partial charge in [-0.1, -0.05) is 18.2 Å². The van der Waals surface area contributed by atoms with Gasteiger partial charge in [-0.3, -0.25) is 0 Å². The predicted octanol–water partition coefficient (Wildman–Crippen LogP) is 2.91. The fourth-order valence-corrected chi connectivity index (χ4v) is 2.66. The summed E-state index contributed by atoms with van der Waals surface area (Å²) in [5.74, 6) is 0. The molecule has 1 aromatic rings. The zero-order valence-corrected chi connectivity index (χ0v) is 12.2. The van der Waals surface area contributed by atoms with E-state index in [1.165, 1.54) is 37.2 Å². The number of nitrogens with zero attached hydrogens (tertiary/aromatic N) is 1. The fourth-order valence-electron chi connectivity index (χ4n) is 2.66. The van der Waals surface area contributed by atoms with Crippen molar-refractivity contribution in [1.82, 2.24) is 4.90 Å². The van der Waals surface area contributed by atoms with E-state index < -0.39 is 0 Å². The number of aryl methyl sites for hydroxylation is 1. The van der Waals surface area contributed by atoms with E-state index >= 15 is 0 Å². The largest absolute Gasteiger partial charge is 0.384 e. The molecule has 19 heavy (non-hydrogen) atoms. The van der Waals surface area contributed by atoms with Crippen LogP contribution in [0, 0.1) is 6.92 Å². The van der Waals surface area contributed by atoms with E-state index in [9.17, 15) is 0 Å². The lowest BCUT2D eigenvalue weighted by molar-refractivity contribution is 0.0152. The van der Waals surface area contributed by atoms with Crippen molar-refractivity contribution in [3.63, 3.8) is 0 Å². The third-order valence-corrected chi connectivity index (χ3v) is 3.83. The normalized spacial score (nSPS) is 17.6. The summed E-state index contributed by atoms with van der Waals surface area (Å²) in [7, 11) is 0. The van der Waals surface area contributed by atoms with E-state index in [0.29, 0.717) is 6.10 Å². The second-order valence-corrected chi connectivity index (χ2v) is 5.24. The Morgan fingerprint density at radius 3 is 2.68 bits per heavy atom. The first-order valence-electron chi connectivity index (χ1n) is 7.43. The van der Waals surface area contributed by atoms with Gasteiger partial charge in [-0.15, -0.1) is 0 Å². The Hall–Kier alpha value is -1.06. The molecule has 1 fully saturated rings. The summed E-state index contributed by atoms with van der Waals surface area (Å²) in [4.78, 5) is 2.53. The van der Waals surface area contributed by atoms with E-state index in [1.807, 2.05) is 0 Å². The number of ether oxygens (including phenoxy) is 1. The van der Waals surface area contributed by atoms with E-state index in [0.717, 1.165) is 19.7 Å². The van der Waals surface area contributed by atoms with Crippen molar-refractivity contribution in [2.24, 2.45) is 0 Å².